The second kappa shape index (κ2) is 9.37. The number of sulfonamides is 2. The minimum absolute atomic E-state index is 0.0575. The fraction of sp³-hybridized carbons (Fsp3) is 0.235. The van der Waals surface area contributed by atoms with E-state index >= 15 is 0 Å². The highest BCUT2D eigenvalue weighted by molar-refractivity contribution is 7.92. The molecule has 0 saturated carbocycles. The molecule has 2 rings (SSSR count). The van der Waals surface area contributed by atoms with Crippen LogP contribution < -0.4 is 14.8 Å². The maximum Gasteiger partial charge on any atom is 0.242 e. The van der Waals surface area contributed by atoms with Crippen LogP contribution in [0.1, 0.15) is 12.0 Å². The zero-order valence-corrected chi connectivity index (χ0v) is 17.4. The van der Waals surface area contributed by atoms with Crippen molar-refractivity contribution < 1.29 is 21.6 Å². The first-order chi connectivity index (χ1) is 13.1. The molecule has 2 aromatic rings. The topological polar surface area (TPSA) is 121 Å². The van der Waals surface area contributed by atoms with E-state index < -0.39 is 26.0 Å². The zero-order chi connectivity index (χ0) is 20.8. The Kier molecular flexibility index (Phi) is 7.41. The first-order valence-corrected chi connectivity index (χ1v) is 11.9. The van der Waals surface area contributed by atoms with E-state index in [0.717, 1.165) is 6.26 Å². The van der Waals surface area contributed by atoms with Crippen LogP contribution in [0.4, 0.5) is 5.69 Å². The molecule has 0 atom stereocenters. The van der Waals surface area contributed by atoms with Crippen LogP contribution >= 0.6 is 11.6 Å². The van der Waals surface area contributed by atoms with Crippen molar-refractivity contribution in [3.63, 3.8) is 0 Å². The monoisotopic (exact) mass is 445 g/mol. The number of amides is 1. The van der Waals surface area contributed by atoms with E-state index in [4.69, 9.17) is 11.6 Å². The van der Waals surface area contributed by atoms with Crippen molar-refractivity contribution in [3.05, 3.63) is 59.1 Å². The van der Waals surface area contributed by atoms with Crippen LogP contribution in [-0.2, 0) is 31.4 Å². The third kappa shape index (κ3) is 6.79. The van der Waals surface area contributed by atoms with Gasteiger partial charge < -0.3 is 5.32 Å². The Morgan fingerprint density at radius 3 is 2.32 bits per heavy atom. The summed E-state index contributed by atoms with van der Waals surface area (Å²) in [5, 5.41) is 2.72. The van der Waals surface area contributed by atoms with E-state index in [9.17, 15) is 21.6 Å². The standard InChI is InChI=1S/C17H20ClN3O5S2/c1-27(23,24)21-15-8-4-2-6-13(15)12-19-17(22)10-11-20-28(25,26)16-9-5-3-7-14(16)18/h2-9,20-21H,10-12H2,1H3,(H,19,22). The molecule has 0 aromatic heterocycles. The molecule has 11 heteroatoms. The van der Waals surface area contributed by atoms with Crippen molar-refractivity contribution in [1.82, 2.24) is 10.0 Å². The van der Waals surface area contributed by atoms with Gasteiger partial charge in [0.05, 0.1) is 17.0 Å². The van der Waals surface area contributed by atoms with Gasteiger partial charge in [0.25, 0.3) is 0 Å². The van der Waals surface area contributed by atoms with Gasteiger partial charge >= 0.3 is 0 Å². The normalized spacial score (nSPS) is 11.8. The third-order valence-corrected chi connectivity index (χ3v) is 6.11. The number of rotatable bonds is 9. The van der Waals surface area contributed by atoms with Crippen LogP contribution in [0.5, 0.6) is 0 Å². The molecule has 2 aromatic carbocycles. The minimum atomic E-state index is -3.82. The molecule has 0 saturated heterocycles. The van der Waals surface area contributed by atoms with Gasteiger partial charge in [0.15, 0.2) is 0 Å². The van der Waals surface area contributed by atoms with Gasteiger partial charge in [0.2, 0.25) is 26.0 Å². The highest BCUT2D eigenvalue weighted by Crippen LogP contribution is 2.20. The Hall–Kier alpha value is -2.14. The van der Waals surface area contributed by atoms with Gasteiger partial charge in [-0.15, -0.1) is 0 Å². The fourth-order valence-corrected chi connectivity index (χ4v) is 4.44. The molecule has 0 spiro atoms. The van der Waals surface area contributed by atoms with E-state index in [2.05, 4.69) is 14.8 Å². The van der Waals surface area contributed by atoms with Gasteiger partial charge in [-0.3, -0.25) is 9.52 Å². The summed E-state index contributed by atoms with van der Waals surface area (Å²) in [6.45, 7) is -0.0165. The molecule has 1 amide bonds. The molecule has 0 aliphatic rings. The molecule has 8 nitrogen and oxygen atoms in total. The fourth-order valence-electron chi connectivity index (χ4n) is 2.30. The lowest BCUT2D eigenvalue weighted by atomic mass is 10.2. The van der Waals surface area contributed by atoms with E-state index in [1.807, 2.05) is 0 Å². The molecule has 0 radical (unpaired) electrons. The summed E-state index contributed by atoms with van der Waals surface area (Å²) in [6.07, 6.45) is 0.943. The Balaban J connectivity index is 1.88. The molecule has 0 fully saturated rings. The minimum Gasteiger partial charge on any atom is -0.352 e. The third-order valence-electron chi connectivity index (χ3n) is 3.56. The van der Waals surface area contributed by atoms with Crippen LogP contribution in [-0.4, -0.2) is 35.5 Å². The van der Waals surface area contributed by atoms with Crippen LogP contribution in [0, 0.1) is 0 Å². The number of benzene rings is 2. The van der Waals surface area contributed by atoms with Gasteiger partial charge in [-0.1, -0.05) is 41.9 Å². The molecule has 0 unspecified atom stereocenters. The predicted molar refractivity (Wildman–Crippen MR) is 108 cm³/mol. The van der Waals surface area contributed by atoms with Gasteiger partial charge in [-0.25, -0.2) is 21.6 Å². The van der Waals surface area contributed by atoms with Crippen LogP contribution in [0.3, 0.4) is 0 Å². The average Bonchev–Trinajstić information content (AvgIpc) is 2.60. The molecular formula is C17H20ClN3O5S2. The highest BCUT2D eigenvalue weighted by Gasteiger charge is 2.17. The molecule has 0 heterocycles. The number of halogens is 1. The lowest BCUT2D eigenvalue weighted by molar-refractivity contribution is -0.121. The second-order valence-electron chi connectivity index (χ2n) is 5.89. The molecular weight excluding hydrogens is 426 g/mol. The second-order valence-corrected chi connectivity index (χ2v) is 9.78. The van der Waals surface area contributed by atoms with Crippen molar-refractivity contribution in [3.8, 4) is 0 Å². The van der Waals surface area contributed by atoms with Crippen molar-refractivity contribution in [2.24, 2.45) is 0 Å². The van der Waals surface area contributed by atoms with Crippen LogP contribution in [0.15, 0.2) is 53.4 Å². The number of para-hydroxylation sites is 1. The van der Waals surface area contributed by atoms with E-state index in [0.29, 0.717) is 11.3 Å². The molecule has 0 aliphatic heterocycles. The van der Waals surface area contributed by atoms with Crippen LogP contribution in [0.25, 0.3) is 0 Å². The summed E-state index contributed by atoms with van der Waals surface area (Å²) in [4.78, 5) is 11.9. The average molecular weight is 446 g/mol. The van der Waals surface area contributed by atoms with Crippen molar-refractivity contribution in [2.45, 2.75) is 17.9 Å². The van der Waals surface area contributed by atoms with Crippen LogP contribution in [0.2, 0.25) is 5.02 Å². The zero-order valence-electron chi connectivity index (χ0n) is 15.0. The van der Waals surface area contributed by atoms with Crippen molar-refractivity contribution in [2.75, 3.05) is 17.5 Å². The molecule has 0 bridgehead atoms. The summed E-state index contributed by atoms with van der Waals surface area (Å²) in [7, 11) is -7.27. The Morgan fingerprint density at radius 1 is 1.00 bits per heavy atom. The van der Waals surface area contributed by atoms with E-state index in [1.165, 1.54) is 12.1 Å². The van der Waals surface area contributed by atoms with Gasteiger partial charge in [-0.2, -0.15) is 0 Å². The smallest absolute Gasteiger partial charge is 0.242 e. The number of carbonyl (C=O) groups excluding carboxylic acids is 1. The molecule has 3 N–H and O–H groups in total. The van der Waals surface area contributed by atoms with E-state index in [-0.39, 0.29) is 29.4 Å². The first-order valence-electron chi connectivity index (χ1n) is 8.15. The summed E-state index contributed by atoms with van der Waals surface area (Å²) >= 11 is 5.88. The summed E-state index contributed by atoms with van der Waals surface area (Å²) in [6, 6.07) is 12.6. The number of carbonyl (C=O) groups is 1. The number of anilines is 1. The Morgan fingerprint density at radius 2 is 1.64 bits per heavy atom. The lowest BCUT2D eigenvalue weighted by Gasteiger charge is -2.12. The van der Waals surface area contributed by atoms with Gasteiger partial charge in [0.1, 0.15) is 4.90 Å². The Labute approximate surface area is 169 Å². The summed E-state index contributed by atoms with van der Waals surface area (Å²) < 4.78 is 51.9. The summed E-state index contributed by atoms with van der Waals surface area (Å²) in [5.41, 5.74) is 0.947. The Bertz CT molecular complexity index is 1060. The molecule has 0 aliphatic carbocycles. The number of hydrogen-bond donors (Lipinski definition) is 3. The van der Waals surface area contributed by atoms with E-state index in [1.54, 1.807) is 36.4 Å². The van der Waals surface area contributed by atoms with Gasteiger partial charge in [-0.05, 0) is 23.8 Å². The summed E-state index contributed by atoms with van der Waals surface area (Å²) in [5.74, 6) is -0.393. The van der Waals surface area contributed by atoms with Crippen molar-refractivity contribution >= 4 is 43.2 Å². The lowest BCUT2D eigenvalue weighted by Crippen LogP contribution is -2.30. The van der Waals surface area contributed by atoms with Gasteiger partial charge in [0, 0.05) is 19.5 Å². The number of hydrogen-bond acceptors (Lipinski definition) is 5. The molecule has 28 heavy (non-hydrogen) atoms. The first kappa shape index (κ1) is 22.2. The maximum absolute atomic E-state index is 12.2. The SMILES string of the molecule is CS(=O)(=O)Nc1ccccc1CNC(=O)CCNS(=O)(=O)c1ccccc1Cl. The van der Waals surface area contributed by atoms with Crippen molar-refractivity contribution in [1.29, 1.82) is 0 Å². The molecule has 152 valence electrons. The largest absolute Gasteiger partial charge is 0.352 e. The predicted octanol–water partition coefficient (Wildman–Crippen LogP) is 1.70. The quantitative estimate of drug-likeness (QED) is 0.542. The highest BCUT2D eigenvalue weighted by atomic mass is 35.5. The maximum atomic E-state index is 12.2. The number of nitrogens with one attached hydrogen (secondary N) is 3.